The number of amides is 1. The maximum atomic E-state index is 13.2. The molecular formula is C20H27NO3S. The zero-order valence-corrected chi connectivity index (χ0v) is 15.8. The zero-order valence-electron chi connectivity index (χ0n) is 15.0. The van der Waals surface area contributed by atoms with Crippen molar-refractivity contribution in [2.24, 2.45) is 5.92 Å². The summed E-state index contributed by atoms with van der Waals surface area (Å²) in [4.78, 5) is 27.5. The lowest BCUT2D eigenvalue weighted by Gasteiger charge is -2.28. The van der Waals surface area contributed by atoms with Gasteiger partial charge >= 0.3 is 5.97 Å². The topological polar surface area (TPSA) is 46.6 Å². The van der Waals surface area contributed by atoms with Crippen LogP contribution in [0.25, 0.3) is 0 Å². The lowest BCUT2D eigenvalue weighted by molar-refractivity contribution is -0.154. The van der Waals surface area contributed by atoms with Gasteiger partial charge in [-0.05, 0) is 30.7 Å². The summed E-state index contributed by atoms with van der Waals surface area (Å²) >= 11 is 1.72. The van der Waals surface area contributed by atoms with Crippen molar-refractivity contribution in [3.05, 3.63) is 35.9 Å². The maximum Gasteiger partial charge on any atom is 0.329 e. The Kier molecular flexibility index (Phi) is 6.05. The molecule has 0 bridgehead atoms. The van der Waals surface area contributed by atoms with Crippen LogP contribution in [0.15, 0.2) is 30.3 Å². The Labute approximate surface area is 154 Å². The summed E-state index contributed by atoms with van der Waals surface area (Å²) < 4.78 is 5.35. The molecule has 2 aliphatic rings. The highest BCUT2D eigenvalue weighted by atomic mass is 32.2. The Morgan fingerprint density at radius 1 is 1.20 bits per heavy atom. The Bertz CT molecular complexity index is 606. The van der Waals surface area contributed by atoms with Gasteiger partial charge in [0, 0.05) is 11.7 Å². The van der Waals surface area contributed by atoms with Crippen LogP contribution in [0.1, 0.15) is 51.0 Å². The van der Waals surface area contributed by atoms with E-state index in [1.165, 1.54) is 5.56 Å². The van der Waals surface area contributed by atoms with Gasteiger partial charge in [-0.1, -0.05) is 50.6 Å². The quantitative estimate of drug-likeness (QED) is 0.693. The highest BCUT2D eigenvalue weighted by molar-refractivity contribution is 8.00. The number of rotatable bonds is 7. The van der Waals surface area contributed by atoms with Crippen LogP contribution in [0.4, 0.5) is 0 Å². The van der Waals surface area contributed by atoms with Crippen LogP contribution in [-0.4, -0.2) is 40.6 Å². The number of esters is 1. The van der Waals surface area contributed by atoms with E-state index in [4.69, 9.17) is 4.74 Å². The third kappa shape index (κ3) is 4.02. The fourth-order valence-electron chi connectivity index (χ4n) is 3.54. The molecule has 0 radical (unpaired) electrons. The van der Waals surface area contributed by atoms with Gasteiger partial charge in [-0.3, -0.25) is 4.79 Å². The summed E-state index contributed by atoms with van der Waals surface area (Å²) in [5, 5.41) is 0.105. The summed E-state index contributed by atoms with van der Waals surface area (Å²) in [6.45, 7) is 4.53. The first-order chi connectivity index (χ1) is 12.2. The molecule has 5 heteroatoms. The second-order valence-corrected chi connectivity index (χ2v) is 8.08. The van der Waals surface area contributed by atoms with Gasteiger partial charge in [0.1, 0.15) is 6.04 Å². The number of carbonyl (C=O) groups is 2. The molecule has 1 aliphatic carbocycles. The predicted octanol–water partition coefficient (Wildman–Crippen LogP) is 3.81. The van der Waals surface area contributed by atoms with Crippen LogP contribution in [0.3, 0.4) is 0 Å². The number of nitrogens with zero attached hydrogens (tertiary/aromatic N) is 1. The van der Waals surface area contributed by atoms with Crippen molar-refractivity contribution in [3.8, 4) is 0 Å². The molecule has 2 fully saturated rings. The minimum absolute atomic E-state index is 0.0157. The normalized spacial score (nSPS) is 28.0. The number of benzene rings is 1. The fourth-order valence-corrected chi connectivity index (χ4v) is 5.05. The Morgan fingerprint density at radius 3 is 2.64 bits per heavy atom. The molecule has 136 valence electrons. The van der Waals surface area contributed by atoms with Crippen LogP contribution < -0.4 is 0 Å². The van der Waals surface area contributed by atoms with Crippen molar-refractivity contribution in [2.75, 3.05) is 12.4 Å². The van der Waals surface area contributed by atoms with Gasteiger partial charge in [0.15, 0.2) is 0 Å². The van der Waals surface area contributed by atoms with E-state index in [0.717, 1.165) is 25.7 Å². The largest absolute Gasteiger partial charge is 0.464 e. The molecule has 0 spiro atoms. The Morgan fingerprint density at radius 2 is 1.96 bits per heavy atom. The van der Waals surface area contributed by atoms with Crippen LogP contribution in [0, 0.1) is 5.92 Å². The van der Waals surface area contributed by atoms with Crippen molar-refractivity contribution < 1.29 is 14.3 Å². The molecular weight excluding hydrogens is 334 g/mol. The lowest BCUT2D eigenvalue weighted by Crippen LogP contribution is -2.47. The van der Waals surface area contributed by atoms with E-state index in [9.17, 15) is 9.59 Å². The molecule has 0 unspecified atom stereocenters. The highest BCUT2D eigenvalue weighted by Crippen LogP contribution is 2.50. The molecule has 1 amide bonds. The number of ether oxygens (including phenoxy) is 1. The minimum atomic E-state index is -0.419. The summed E-state index contributed by atoms with van der Waals surface area (Å²) in [6.07, 6.45) is 3.62. The molecule has 0 aromatic heterocycles. The molecule has 0 N–H and O–H groups in total. The van der Waals surface area contributed by atoms with E-state index in [1.807, 2.05) is 30.0 Å². The lowest BCUT2D eigenvalue weighted by atomic mass is 10.1. The Hall–Kier alpha value is -1.49. The van der Waals surface area contributed by atoms with E-state index in [1.54, 1.807) is 11.8 Å². The molecule has 1 saturated carbocycles. The number of hydrogen-bond donors (Lipinski definition) is 0. The van der Waals surface area contributed by atoms with E-state index >= 15 is 0 Å². The molecule has 4 atom stereocenters. The average molecular weight is 362 g/mol. The number of hydrogen-bond acceptors (Lipinski definition) is 4. The first-order valence-electron chi connectivity index (χ1n) is 9.32. The van der Waals surface area contributed by atoms with Crippen molar-refractivity contribution >= 4 is 23.6 Å². The first kappa shape index (κ1) is 18.3. The smallest absolute Gasteiger partial charge is 0.329 e. The van der Waals surface area contributed by atoms with Crippen molar-refractivity contribution in [1.82, 2.24) is 4.90 Å². The van der Waals surface area contributed by atoms with Crippen molar-refractivity contribution in [2.45, 2.75) is 56.9 Å². The predicted molar refractivity (Wildman–Crippen MR) is 100 cm³/mol. The van der Waals surface area contributed by atoms with Gasteiger partial charge in [0.05, 0.1) is 12.0 Å². The van der Waals surface area contributed by atoms with Crippen molar-refractivity contribution in [1.29, 1.82) is 0 Å². The van der Waals surface area contributed by atoms with Crippen LogP contribution in [0.5, 0.6) is 0 Å². The molecule has 1 heterocycles. The maximum absolute atomic E-state index is 13.2. The van der Waals surface area contributed by atoms with E-state index in [2.05, 4.69) is 19.1 Å². The summed E-state index contributed by atoms with van der Waals surface area (Å²) in [7, 11) is 0. The molecule has 1 saturated heterocycles. The first-order valence-corrected chi connectivity index (χ1v) is 10.4. The summed E-state index contributed by atoms with van der Waals surface area (Å²) in [6, 6.07) is 9.80. The second kappa shape index (κ2) is 8.26. The van der Waals surface area contributed by atoms with Gasteiger partial charge in [-0.25, -0.2) is 4.79 Å². The monoisotopic (exact) mass is 361 g/mol. The van der Waals surface area contributed by atoms with Crippen LogP contribution >= 0.6 is 11.8 Å². The molecule has 1 aliphatic heterocycles. The van der Waals surface area contributed by atoms with E-state index in [0.29, 0.717) is 18.3 Å². The third-order valence-corrected chi connectivity index (χ3v) is 6.29. The van der Waals surface area contributed by atoms with Gasteiger partial charge in [0.2, 0.25) is 5.91 Å². The van der Waals surface area contributed by atoms with Gasteiger partial charge in [0.25, 0.3) is 0 Å². The summed E-state index contributed by atoms with van der Waals surface area (Å²) in [5.74, 6) is 0.867. The van der Waals surface area contributed by atoms with Gasteiger partial charge in [-0.2, -0.15) is 0 Å². The van der Waals surface area contributed by atoms with Gasteiger partial charge in [-0.15, -0.1) is 11.8 Å². The molecule has 25 heavy (non-hydrogen) atoms. The van der Waals surface area contributed by atoms with E-state index < -0.39 is 6.04 Å². The number of thioether (sulfide) groups is 1. The van der Waals surface area contributed by atoms with Gasteiger partial charge < -0.3 is 9.64 Å². The fraction of sp³-hybridized carbons (Fsp3) is 0.600. The minimum Gasteiger partial charge on any atom is -0.464 e. The average Bonchev–Trinajstić information content (AvgIpc) is 3.33. The molecule has 1 aromatic rings. The zero-order chi connectivity index (χ0) is 17.8. The Balaban J connectivity index is 1.71. The van der Waals surface area contributed by atoms with Crippen LogP contribution in [-0.2, 0) is 14.3 Å². The standard InChI is InChI=1S/C20H27NO3S/c1-3-8-18-21(17(13-25-18)20(23)24-11-4-2)19(22)16-12-15(16)14-9-6-5-7-10-14/h5-7,9-10,15-18H,3-4,8,11-13H2,1-2H3/t15-,16+,17+,18-/m0/s1. The molecule has 4 nitrogen and oxygen atoms in total. The molecule has 1 aromatic carbocycles. The number of carbonyl (C=O) groups excluding carboxylic acids is 2. The third-order valence-electron chi connectivity index (χ3n) is 4.94. The second-order valence-electron chi connectivity index (χ2n) is 6.86. The van der Waals surface area contributed by atoms with Crippen LogP contribution in [0.2, 0.25) is 0 Å². The van der Waals surface area contributed by atoms with E-state index in [-0.39, 0.29) is 23.2 Å². The van der Waals surface area contributed by atoms with Crippen molar-refractivity contribution in [3.63, 3.8) is 0 Å². The molecule has 3 rings (SSSR count). The SMILES string of the molecule is CCCOC(=O)[C@H]1CS[C@@H](CCC)N1C(=O)[C@@H]1C[C@H]1c1ccccc1. The highest BCUT2D eigenvalue weighted by Gasteiger charge is 2.51. The summed E-state index contributed by atoms with van der Waals surface area (Å²) in [5.41, 5.74) is 1.23.